The monoisotopic (exact) mass is 251 g/mol. The number of H-pyrrole nitrogens is 1. The maximum absolute atomic E-state index is 13.6. The standard InChI is InChI=1S/C13H15F2N3/c1-2-16-12(13-17-6-7-18-13)8-9-10(14)4-3-5-11(9)15/h3-7,12,16H,2,8H2,1H3,(H,17,18). The molecule has 0 aliphatic rings. The second-order valence-corrected chi connectivity index (χ2v) is 3.99. The highest BCUT2D eigenvalue weighted by Crippen LogP contribution is 2.20. The Bertz CT molecular complexity index is 477. The highest BCUT2D eigenvalue weighted by Gasteiger charge is 2.18. The van der Waals surface area contributed by atoms with Crippen LogP contribution in [0.3, 0.4) is 0 Å². The zero-order chi connectivity index (χ0) is 13.0. The van der Waals surface area contributed by atoms with Gasteiger partial charge in [-0.3, -0.25) is 0 Å². The molecule has 1 heterocycles. The van der Waals surface area contributed by atoms with Crippen molar-refractivity contribution < 1.29 is 8.78 Å². The Labute approximate surface area is 104 Å². The molecule has 1 unspecified atom stereocenters. The molecule has 0 saturated heterocycles. The molecular weight excluding hydrogens is 236 g/mol. The van der Waals surface area contributed by atoms with E-state index in [1.54, 1.807) is 12.4 Å². The van der Waals surface area contributed by atoms with Crippen LogP contribution in [0, 0.1) is 11.6 Å². The highest BCUT2D eigenvalue weighted by molar-refractivity contribution is 5.21. The number of halogens is 2. The van der Waals surface area contributed by atoms with Gasteiger partial charge < -0.3 is 10.3 Å². The van der Waals surface area contributed by atoms with Crippen molar-refractivity contribution in [3.05, 3.63) is 53.6 Å². The third-order valence-electron chi connectivity index (χ3n) is 2.77. The van der Waals surface area contributed by atoms with E-state index in [0.29, 0.717) is 12.4 Å². The summed E-state index contributed by atoms with van der Waals surface area (Å²) in [4.78, 5) is 7.09. The summed E-state index contributed by atoms with van der Waals surface area (Å²) in [6, 6.07) is 3.67. The molecule has 2 N–H and O–H groups in total. The third-order valence-corrected chi connectivity index (χ3v) is 2.77. The molecule has 0 spiro atoms. The lowest BCUT2D eigenvalue weighted by atomic mass is 10.0. The summed E-state index contributed by atoms with van der Waals surface area (Å²) in [5.41, 5.74) is 0.0832. The zero-order valence-electron chi connectivity index (χ0n) is 10.1. The van der Waals surface area contributed by atoms with Gasteiger partial charge in [0.15, 0.2) is 0 Å². The number of nitrogens with zero attached hydrogens (tertiary/aromatic N) is 1. The number of imidazole rings is 1. The van der Waals surface area contributed by atoms with Crippen LogP contribution in [0.25, 0.3) is 0 Å². The van der Waals surface area contributed by atoms with Gasteiger partial charge in [0.25, 0.3) is 0 Å². The minimum absolute atomic E-state index is 0.0832. The Morgan fingerprint density at radius 1 is 1.33 bits per heavy atom. The van der Waals surface area contributed by atoms with E-state index in [-0.39, 0.29) is 18.0 Å². The predicted octanol–water partition coefficient (Wildman–Crippen LogP) is 2.58. The van der Waals surface area contributed by atoms with Gasteiger partial charge in [-0.05, 0) is 18.7 Å². The molecule has 0 fully saturated rings. The summed E-state index contributed by atoms with van der Waals surface area (Å²) in [7, 11) is 0. The lowest BCUT2D eigenvalue weighted by Crippen LogP contribution is -2.24. The van der Waals surface area contributed by atoms with Crippen LogP contribution in [0.4, 0.5) is 8.78 Å². The van der Waals surface area contributed by atoms with Gasteiger partial charge in [-0.25, -0.2) is 13.8 Å². The molecule has 0 amide bonds. The van der Waals surface area contributed by atoms with Crippen molar-refractivity contribution in [2.75, 3.05) is 6.54 Å². The molecule has 0 saturated carbocycles. The normalized spacial score (nSPS) is 12.6. The Hall–Kier alpha value is -1.75. The van der Waals surface area contributed by atoms with Gasteiger partial charge in [0.05, 0.1) is 6.04 Å². The topological polar surface area (TPSA) is 40.7 Å². The van der Waals surface area contributed by atoms with Crippen LogP contribution < -0.4 is 5.32 Å². The SMILES string of the molecule is CCNC(Cc1c(F)cccc1F)c1ncc[nH]1. The predicted molar refractivity (Wildman–Crippen MR) is 65.1 cm³/mol. The van der Waals surface area contributed by atoms with Crippen LogP contribution in [0.15, 0.2) is 30.6 Å². The number of rotatable bonds is 5. The lowest BCUT2D eigenvalue weighted by Gasteiger charge is -2.16. The van der Waals surface area contributed by atoms with Crippen LogP contribution in [0.2, 0.25) is 0 Å². The number of benzene rings is 1. The van der Waals surface area contributed by atoms with Crippen LogP contribution >= 0.6 is 0 Å². The van der Waals surface area contributed by atoms with Gasteiger partial charge in [0.2, 0.25) is 0 Å². The molecule has 96 valence electrons. The van der Waals surface area contributed by atoms with E-state index in [2.05, 4.69) is 15.3 Å². The van der Waals surface area contributed by atoms with Gasteiger partial charge in [-0.2, -0.15) is 0 Å². The Balaban J connectivity index is 2.24. The quantitative estimate of drug-likeness (QED) is 0.857. The molecule has 1 atom stereocenters. The molecule has 1 aromatic heterocycles. The van der Waals surface area contributed by atoms with Gasteiger partial charge >= 0.3 is 0 Å². The molecular formula is C13H15F2N3. The molecule has 0 aliphatic heterocycles. The minimum atomic E-state index is -0.524. The molecule has 1 aromatic carbocycles. The molecule has 0 aliphatic carbocycles. The Kier molecular flexibility index (Phi) is 4.04. The maximum Gasteiger partial charge on any atom is 0.129 e. The van der Waals surface area contributed by atoms with Gasteiger partial charge in [0, 0.05) is 24.4 Å². The second-order valence-electron chi connectivity index (χ2n) is 3.99. The fourth-order valence-electron chi connectivity index (χ4n) is 1.91. The summed E-state index contributed by atoms with van der Waals surface area (Å²) in [6.07, 6.45) is 3.54. The van der Waals surface area contributed by atoms with E-state index < -0.39 is 11.6 Å². The summed E-state index contributed by atoms with van der Waals surface area (Å²) in [6.45, 7) is 2.63. The largest absolute Gasteiger partial charge is 0.347 e. The van der Waals surface area contributed by atoms with Crippen LogP contribution in [0.5, 0.6) is 0 Å². The number of hydrogen-bond donors (Lipinski definition) is 2. The fourth-order valence-corrected chi connectivity index (χ4v) is 1.91. The molecule has 2 aromatic rings. The molecule has 18 heavy (non-hydrogen) atoms. The first-order valence-electron chi connectivity index (χ1n) is 5.88. The van der Waals surface area contributed by atoms with Crippen molar-refractivity contribution in [2.24, 2.45) is 0 Å². The van der Waals surface area contributed by atoms with E-state index in [0.717, 1.165) is 0 Å². The van der Waals surface area contributed by atoms with Crippen LogP contribution in [0.1, 0.15) is 24.4 Å². The van der Waals surface area contributed by atoms with E-state index in [4.69, 9.17) is 0 Å². The summed E-state index contributed by atoms with van der Waals surface area (Å²) in [5, 5.41) is 3.16. The third kappa shape index (κ3) is 2.73. The molecule has 3 nitrogen and oxygen atoms in total. The summed E-state index contributed by atoms with van der Waals surface area (Å²) >= 11 is 0. The average Bonchev–Trinajstić information content (AvgIpc) is 2.86. The van der Waals surface area contributed by atoms with Crippen LogP contribution in [-0.2, 0) is 6.42 Å². The first kappa shape index (κ1) is 12.7. The number of aromatic amines is 1. The zero-order valence-corrected chi connectivity index (χ0v) is 10.1. The Morgan fingerprint density at radius 2 is 2.06 bits per heavy atom. The van der Waals surface area contributed by atoms with Gasteiger partial charge in [-0.15, -0.1) is 0 Å². The molecule has 2 rings (SSSR count). The van der Waals surface area contributed by atoms with E-state index in [1.165, 1.54) is 18.2 Å². The van der Waals surface area contributed by atoms with E-state index in [1.807, 2.05) is 6.92 Å². The second kappa shape index (κ2) is 5.73. The van der Waals surface area contributed by atoms with Gasteiger partial charge in [-0.1, -0.05) is 13.0 Å². The van der Waals surface area contributed by atoms with Crippen LogP contribution in [-0.4, -0.2) is 16.5 Å². The molecule has 0 bridgehead atoms. The van der Waals surface area contributed by atoms with Crippen molar-refractivity contribution in [3.63, 3.8) is 0 Å². The van der Waals surface area contributed by atoms with Gasteiger partial charge in [0.1, 0.15) is 17.5 Å². The van der Waals surface area contributed by atoms with Crippen molar-refractivity contribution >= 4 is 0 Å². The van der Waals surface area contributed by atoms with Crippen molar-refractivity contribution in [2.45, 2.75) is 19.4 Å². The fraction of sp³-hybridized carbons (Fsp3) is 0.308. The number of hydrogen-bond acceptors (Lipinski definition) is 2. The first-order chi connectivity index (χ1) is 8.72. The van der Waals surface area contributed by atoms with E-state index >= 15 is 0 Å². The lowest BCUT2D eigenvalue weighted by molar-refractivity contribution is 0.486. The van der Waals surface area contributed by atoms with E-state index in [9.17, 15) is 8.78 Å². The molecule has 0 radical (unpaired) electrons. The number of likely N-dealkylation sites (N-methyl/N-ethyl adjacent to an activating group) is 1. The number of aromatic nitrogens is 2. The Morgan fingerprint density at radius 3 is 2.61 bits per heavy atom. The summed E-state index contributed by atoms with van der Waals surface area (Å²) < 4.78 is 27.2. The number of nitrogens with one attached hydrogen (secondary N) is 2. The minimum Gasteiger partial charge on any atom is -0.347 e. The van der Waals surface area contributed by atoms with Crippen molar-refractivity contribution in [1.29, 1.82) is 0 Å². The van der Waals surface area contributed by atoms with Crippen molar-refractivity contribution in [1.82, 2.24) is 15.3 Å². The maximum atomic E-state index is 13.6. The average molecular weight is 251 g/mol. The summed E-state index contributed by atoms with van der Waals surface area (Å²) in [5.74, 6) is -0.367. The first-order valence-corrected chi connectivity index (χ1v) is 5.88. The molecule has 5 heteroatoms. The van der Waals surface area contributed by atoms with Crippen molar-refractivity contribution in [3.8, 4) is 0 Å². The smallest absolute Gasteiger partial charge is 0.129 e. The highest BCUT2D eigenvalue weighted by atomic mass is 19.1.